The quantitative estimate of drug-likeness (QED) is 0.782. The first-order chi connectivity index (χ1) is 11.3. The molecule has 0 saturated heterocycles. The lowest BCUT2D eigenvalue weighted by atomic mass is 9.97. The second-order valence-electron chi connectivity index (χ2n) is 5.58. The van der Waals surface area contributed by atoms with Crippen LogP contribution in [0.15, 0.2) is 71.6 Å². The molecule has 2 aromatic carbocycles. The fourth-order valence-electron chi connectivity index (χ4n) is 2.31. The minimum absolute atomic E-state index is 0.158. The van der Waals surface area contributed by atoms with Crippen molar-refractivity contribution in [2.75, 3.05) is 0 Å². The maximum Gasteiger partial charge on any atom is 0.241 e. The molecule has 0 aliphatic rings. The van der Waals surface area contributed by atoms with Crippen LogP contribution >= 0.6 is 0 Å². The minimum atomic E-state index is -3.77. The number of Topliss-reactive ketones (excluding diaryl/α,β-unsaturated/α-hetero) is 1. The van der Waals surface area contributed by atoms with E-state index in [0.717, 1.165) is 5.56 Å². The van der Waals surface area contributed by atoms with Crippen molar-refractivity contribution in [3.8, 4) is 0 Å². The summed E-state index contributed by atoms with van der Waals surface area (Å²) in [6.45, 7) is 7.43. The monoisotopic (exact) mass is 343 g/mol. The average molecular weight is 343 g/mol. The number of aryl methyl sites for hydroxylation is 1. The molecule has 24 heavy (non-hydrogen) atoms. The lowest BCUT2D eigenvalue weighted by Gasteiger charge is -2.21. The molecule has 126 valence electrons. The molecule has 0 aromatic heterocycles. The molecule has 0 fully saturated rings. The molecule has 2 rings (SSSR count). The molecule has 5 heteroatoms. The van der Waals surface area contributed by atoms with Gasteiger partial charge in [0.05, 0.1) is 10.9 Å². The number of ketones is 1. The number of nitrogens with one attached hydrogen (secondary N) is 1. The first kappa shape index (κ1) is 18.1. The summed E-state index contributed by atoms with van der Waals surface area (Å²) < 4.78 is 28.0. The van der Waals surface area contributed by atoms with Crippen molar-refractivity contribution in [3.63, 3.8) is 0 Å². The van der Waals surface area contributed by atoms with Crippen LogP contribution in [0.25, 0.3) is 0 Å². The van der Waals surface area contributed by atoms with E-state index in [9.17, 15) is 13.2 Å². The highest BCUT2D eigenvalue weighted by Crippen LogP contribution is 2.24. The molecule has 4 nitrogen and oxygen atoms in total. The summed E-state index contributed by atoms with van der Waals surface area (Å²) in [6, 6.07) is 14.7. The fraction of sp³-hybridized carbons (Fsp3) is 0.211. The molecule has 0 aliphatic heterocycles. The maximum absolute atomic E-state index is 12.7. The van der Waals surface area contributed by atoms with Gasteiger partial charge in [-0.1, -0.05) is 61.5 Å². The van der Waals surface area contributed by atoms with Gasteiger partial charge < -0.3 is 0 Å². The van der Waals surface area contributed by atoms with E-state index in [1.54, 1.807) is 55.5 Å². The SMILES string of the molecule is C=C(C(=O)CC)C(NS(=O)(=O)c1ccc(C)cc1)c1ccccc1. The second kappa shape index (κ2) is 7.55. The summed E-state index contributed by atoms with van der Waals surface area (Å²) in [5.74, 6) is -0.171. The van der Waals surface area contributed by atoms with Crippen LogP contribution in [0.2, 0.25) is 0 Å². The third kappa shape index (κ3) is 4.19. The fourth-order valence-corrected chi connectivity index (χ4v) is 3.53. The molecule has 0 saturated carbocycles. The number of hydrogen-bond acceptors (Lipinski definition) is 3. The van der Waals surface area contributed by atoms with E-state index >= 15 is 0 Å². The van der Waals surface area contributed by atoms with Crippen LogP contribution in [0.5, 0.6) is 0 Å². The van der Waals surface area contributed by atoms with Crippen LogP contribution in [0.4, 0.5) is 0 Å². The van der Waals surface area contributed by atoms with Crippen LogP contribution in [-0.2, 0) is 14.8 Å². The first-order valence-electron chi connectivity index (χ1n) is 7.71. The largest absolute Gasteiger partial charge is 0.295 e. The van der Waals surface area contributed by atoms with E-state index in [1.165, 1.54) is 0 Å². The standard InChI is InChI=1S/C19H21NO3S/c1-4-18(21)15(3)19(16-8-6-5-7-9-16)20-24(22,23)17-12-10-14(2)11-13-17/h5-13,19-20H,3-4H2,1-2H3. The van der Waals surface area contributed by atoms with E-state index in [0.29, 0.717) is 5.56 Å². The molecule has 0 radical (unpaired) electrons. The highest BCUT2D eigenvalue weighted by molar-refractivity contribution is 7.89. The van der Waals surface area contributed by atoms with Crippen LogP contribution in [-0.4, -0.2) is 14.2 Å². The number of rotatable bonds is 7. The van der Waals surface area contributed by atoms with Gasteiger partial charge in [0.1, 0.15) is 0 Å². The van der Waals surface area contributed by atoms with Gasteiger partial charge in [0.2, 0.25) is 10.0 Å². The Bertz CT molecular complexity index is 825. The minimum Gasteiger partial charge on any atom is -0.295 e. The van der Waals surface area contributed by atoms with E-state index < -0.39 is 16.1 Å². The normalized spacial score (nSPS) is 12.6. The van der Waals surface area contributed by atoms with Crippen molar-refractivity contribution in [1.82, 2.24) is 4.72 Å². The van der Waals surface area contributed by atoms with Crippen LogP contribution in [0.1, 0.15) is 30.5 Å². The average Bonchev–Trinajstić information content (AvgIpc) is 2.59. The van der Waals surface area contributed by atoms with Crippen molar-refractivity contribution in [1.29, 1.82) is 0 Å². The molecule has 0 amide bonds. The Labute approximate surface area is 143 Å². The van der Waals surface area contributed by atoms with Crippen LogP contribution in [0.3, 0.4) is 0 Å². The third-order valence-electron chi connectivity index (χ3n) is 3.76. The Kier molecular flexibility index (Phi) is 5.70. The van der Waals surface area contributed by atoms with Gasteiger partial charge in [-0.05, 0) is 24.6 Å². The molecular formula is C19H21NO3S. The summed E-state index contributed by atoms with van der Waals surface area (Å²) in [6.07, 6.45) is 0.272. The van der Waals surface area contributed by atoms with E-state index in [1.807, 2.05) is 13.0 Å². The number of sulfonamides is 1. The Hall–Kier alpha value is -2.24. The lowest BCUT2D eigenvalue weighted by Crippen LogP contribution is -2.31. The zero-order valence-electron chi connectivity index (χ0n) is 13.8. The summed E-state index contributed by atoms with van der Waals surface area (Å²) in [5.41, 5.74) is 1.89. The van der Waals surface area contributed by atoms with Crippen molar-refractivity contribution >= 4 is 15.8 Å². The molecule has 0 bridgehead atoms. The van der Waals surface area contributed by atoms with Crippen molar-refractivity contribution in [3.05, 3.63) is 77.9 Å². The highest BCUT2D eigenvalue weighted by Gasteiger charge is 2.26. The molecular weight excluding hydrogens is 322 g/mol. The lowest BCUT2D eigenvalue weighted by molar-refractivity contribution is -0.115. The smallest absolute Gasteiger partial charge is 0.241 e. The van der Waals surface area contributed by atoms with E-state index in [-0.39, 0.29) is 22.7 Å². The van der Waals surface area contributed by atoms with Gasteiger partial charge in [-0.3, -0.25) is 4.79 Å². The zero-order chi connectivity index (χ0) is 17.7. The Morgan fingerprint density at radius 2 is 1.67 bits per heavy atom. The summed E-state index contributed by atoms with van der Waals surface area (Å²) >= 11 is 0. The second-order valence-corrected chi connectivity index (χ2v) is 7.29. The van der Waals surface area contributed by atoms with Gasteiger partial charge in [-0.2, -0.15) is 4.72 Å². The third-order valence-corrected chi connectivity index (χ3v) is 5.20. The number of benzene rings is 2. The molecule has 1 unspecified atom stereocenters. The topological polar surface area (TPSA) is 63.2 Å². The molecule has 0 aliphatic carbocycles. The summed E-state index contributed by atoms with van der Waals surface area (Å²) in [4.78, 5) is 12.2. The molecule has 1 atom stereocenters. The van der Waals surface area contributed by atoms with E-state index in [4.69, 9.17) is 0 Å². The van der Waals surface area contributed by atoms with Crippen LogP contribution < -0.4 is 4.72 Å². The van der Waals surface area contributed by atoms with E-state index in [2.05, 4.69) is 11.3 Å². The maximum atomic E-state index is 12.7. The first-order valence-corrected chi connectivity index (χ1v) is 9.19. The summed E-state index contributed by atoms with van der Waals surface area (Å²) in [7, 11) is -3.77. The number of carbonyl (C=O) groups excluding carboxylic acids is 1. The molecule has 0 heterocycles. The van der Waals surface area contributed by atoms with Gasteiger partial charge in [0.15, 0.2) is 5.78 Å². The van der Waals surface area contributed by atoms with Crippen molar-refractivity contribution < 1.29 is 13.2 Å². The zero-order valence-corrected chi connectivity index (χ0v) is 14.6. The molecule has 0 spiro atoms. The van der Waals surface area contributed by atoms with Gasteiger partial charge in [-0.15, -0.1) is 0 Å². The van der Waals surface area contributed by atoms with Crippen molar-refractivity contribution in [2.45, 2.75) is 31.2 Å². The number of carbonyl (C=O) groups is 1. The summed E-state index contributed by atoms with van der Waals surface area (Å²) in [5, 5.41) is 0. The molecule has 2 aromatic rings. The Balaban J connectivity index is 2.39. The number of hydrogen-bond donors (Lipinski definition) is 1. The predicted octanol–water partition coefficient (Wildman–Crippen LogP) is 3.55. The van der Waals surface area contributed by atoms with Crippen molar-refractivity contribution in [2.24, 2.45) is 0 Å². The van der Waals surface area contributed by atoms with Gasteiger partial charge in [-0.25, -0.2) is 8.42 Å². The Morgan fingerprint density at radius 1 is 1.08 bits per heavy atom. The van der Waals surface area contributed by atoms with Crippen LogP contribution in [0, 0.1) is 6.92 Å². The Morgan fingerprint density at radius 3 is 2.21 bits per heavy atom. The predicted molar refractivity (Wildman–Crippen MR) is 95.1 cm³/mol. The molecule has 1 N–H and O–H groups in total. The van der Waals surface area contributed by atoms with Gasteiger partial charge in [0, 0.05) is 12.0 Å². The van der Waals surface area contributed by atoms with Gasteiger partial charge in [0.25, 0.3) is 0 Å². The van der Waals surface area contributed by atoms with Gasteiger partial charge >= 0.3 is 0 Å². The highest BCUT2D eigenvalue weighted by atomic mass is 32.2.